The molecule has 2 aromatic rings. The fourth-order valence-corrected chi connectivity index (χ4v) is 9.86. The molecule has 0 heterocycles. The van der Waals surface area contributed by atoms with Crippen LogP contribution in [0.2, 0.25) is 0 Å². The smallest absolute Gasteiger partial charge is 0.0923 e. The van der Waals surface area contributed by atoms with Crippen LogP contribution in [0.25, 0.3) is 11.1 Å². The Bertz CT molecular complexity index is 969. The van der Waals surface area contributed by atoms with Crippen LogP contribution in [0.4, 0.5) is 0 Å². The minimum Gasteiger partial charge on any atom is -0.114 e. The van der Waals surface area contributed by atoms with Crippen LogP contribution >= 0.6 is 23.2 Å². The molecule has 0 spiro atoms. The van der Waals surface area contributed by atoms with Crippen LogP contribution < -0.4 is 0 Å². The van der Waals surface area contributed by atoms with Gasteiger partial charge in [-0.1, -0.05) is 36.4 Å². The summed E-state index contributed by atoms with van der Waals surface area (Å²) in [6, 6.07) is 13.0. The number of fused-ring (bicyclic) bond motifs is 2. The van der Waals surface area contributed by atoms with E-state index < -0.39 is 18.5 Å². The fraction of sp³-hybridized carbons (Fsp3) is 0.333. The van der Waals surface area contributed by atoms with Gasteiger partial charge in [-0.15, -0.1) is 23.2 Å². The van der Waals surface area contributed by atoms with Crippen molar-refractivity contribution in [2.24, 2.45) is 0 Å². The fourth-order valence-electron chi connectivity index (χ4n) is 5.16. The first-order chi connectivity index (χ1) is 12.6. The molecule has 0 aliphatic heterocycles. The summed E-state index contributed by atoms with van der Waals surface area (Å²) in [6.45, 7) is 13.2. The summed E-state index contributed by atoms with van der Waals surface area (Å²) < 4.78 is -0.889. The van der Waals surface area contributed by atoms with Crippen LogP contribution in [0, 0.1) is 13.8 Å². The molecule has 2 unspecified atom stereocenters. The molecule has 0 amide bonds. The van der Waals surface area contributed by atoms with Crippen molar-refractivity contribution in [1.29, 1.82) is 0 Å². The Hall–Kier alpha value is -0.569. The van der Waals surface area contributed by atoms with E-state index in [4.69, 9.17) is 23.2 Å². The molecule has 0 fully saturated rings. The van der Waals surface area contributed by atoms with Crippen molar-refractivity contribution in [2.75, 3.05) is 0 Å². The van der Waals surface area contributed by atoms with Gasteiger partial charge in [0.05, 0.1) is 18.5 Å². The maximum absolute atomic E-state index is 7.50. The van der Waals surface area contributed by atoms with Gasteiger partial charge in [-0.25, -0.2) is 0 Å². The van der Waals surface area contributed by atoms with Crippen molar-refractivity contribution < 1.29 is 21.7 Å². The van der Waals surface area contributed by atoms with Gasteiger partial charge in [0.25, 0.3) is 0 Å². The molecule has 0 aromatic heterocycles. The minimum absolute atomic E-state index is 0. The molecule has 0 saturated carbocycles. The molecule has 0 nitrogen and oxygen atoms in total. The predicted molar refractivity (Wildman–Crippen MR) is 123 cm³/mol. The molecule has 4 heteroatoms. The summed E-state index contributed by atoms with van der Waals surface area (Å²) in [5, 5.41) is 0. The zero-order valence-corrected chi connectivity index (χ0v) is 21.9. The number of halogens is 2. The molecule has 144 valence electrons. The van der Waals surface area contributed by atoms with E-state index >= 15 is 0 Å². The Morgan fingerprint density at radius 1 is 0.643 bits per heavy atom. The van der Waals surface area contributed by atoms with Crippen molar-refractivity contribution in [3.63, 3.8) is 0 Å². The van der Waals surface area contributed by atoms with Gasteiger partial charge in [-0.2, -0.15) is 0 Å². The van der Waals surface area contributed by atoms with E-state index in [2.05, 4.69) is 77.9 Å². The number of hydrogen-bond donors (Lipinski definition) is 0. The van der Waals surface area contributed by atoms with Crippen LogP contribution in [-0.4, -0.2) is 9.52 Å². The van der Waals surface area contributed by atoms with Gasteiger partial charge in [0.1, 0.15) is 0 Å². The minimum atomic E-state index is -1.02. The van der Waals surface area contributed by atoms with Crippen molar-refractivity contribution in [2.45, 2.75) is 50.5 Å². The second-order valence-electron chi connectivity index (χ2n) is 8.27. The summed E-state index contributed by atoms with van der Waals surface area (Å²) >= 11 is 15.0. The summed E-state index contributed by atoms with van der Waals surface area (Å²) in [7, 11) is -1.02. The number of hydrogen-bond acceptors (Lipinski definition) is 0. The summed E-state index contributed by atoms with van der Waals surface area (Å²) in [6.07, 6.45) is 0. The maximum atomic E-state index is 7.50. The van der Waals surface area contributed by atoms with Gasteiger partial charge in [-0.3, -0.25) is 0 Å². The van der Waals surface area contributed by atoms with Crippen LogP contribution in [-0.2, 0) is 30.7 Å². The van der Waals surface area contributed by atoms with Gasteiger partial charge in [-0.05, 0) is 97.2 Å². The first kappa shape index (κ1) is 22.1. The van der Waals surface area contributed by atoms with E-state index in [1.54, 1.807) is 0 Å². The average Bonchev–Trinajstić information content (AvgIpc) is 2.93. The third-order valence-corrected chi connectivity index (χ3v) is 11.5. The van der Waals surface area contributed by atoms with E-state index in [1.165, 1.54) is 55.7 Å². The molecule has 0 bridgehead atoms. The Kier molecular flexibility index (Phi) is 5.76. The standard InChI is InChI=1S/C24H26Cl2Si.Ti/c1-13-9-7-11-19-21(13)15(3)17(5)23(19,25)27-24(26)18(6)16(4)22-14(2)10-8-12-20(22)24;/h7-12H,27H2,1-6H3;. The Morgan fingerprint density at radius 3 is 1.36 bits per heavy atom. The molecule has 0 N–H and O–H groups in total. The molecule has 2 aliphatic carbocycles. The predicted octanol–water partition coefficient (Wildman–Crippen LogP) is 6.57. The normalized spacial score (nSPS) is 26.1. The summed E-state index contributed by atoms with van der Waals surface area (Å²) in [5.41, 5.74) is 13.0. The van der Waals surface area contributed by atoms with Crippen LogP contribution in [0.15, 0.2) is 47.5 Å². The van der Waals surface area contributed by atoms with E-state index in [0.29, 0.717) is 0 Å². The molecule has 28 heavy (non-hydrogen) atoms. The van der Waals surface area contributed by atoms with E-state index in [9.17, 15) is 0 Å². The van der Waals surface area contributed by atoms with E-state index in [-0.39, 0.29) is 21.7 Å². The van der Waals surface area contributed by atoms with Gasteiger partial charge in [0.2, 0.25) is 0 Å². The topological polar surface area (TPSA) is 0 Å². The van der Waals surface area contributed by atoms with E-state index in [0.717, 1.165) is 0 Å². The second kappa shape index (κ2) is 7.29. The zero-order valence-electron chi connectivity index (χ0n) is 17.4. The Labute approximate surface area is 196 Å². The largest absolute Gasteiger partial charge is 0.114 e. The molecule has 2 aromatic carbocycles. The number of aryl methyl sites for hydroxylation is 2. The molecular weight excluding hydrogens is 435 g/mol. The van der Waals surface area contributed by atoms with Crippen molar-refractivity contribution >= 4 is 43.9 Å². The van der Waals surface area contributed by atoms with Crippen LogP contribution in [0.1, 0.15) is 61.1 Å². The van der Waals surface area contributed by atoms with Crippen molar-refractivity contribution in [1.82, 2.24) is 0 Å². The van der Waals surface area contributed by atoms with Gasteiger partial charge >= 0.3 is 0 Å². The van der Waals surface area contributed by atoms with Gasteiger partial charge in [0, 0.05) is 21.7 Å². The summed E-state index contributed by atoms with van der Waals surface area (Å²) in [5.74, 6) is 0. The van der Waals surface area contributed by atoms with Crippen molar-refractivity contribution in [3.05, 3.63) is 80.9 Å². The number of rotatable bonds is 2. The second-order valence-corrected chi connectivity index (χ2v) is 12.9. The molecule has 0 saturated heterocycles. The zero-order chi connectivity index (χ0) is 19.7. The molecular formula is C24H26Cl2SiTi. The first-order valence-corrected chi connectivity index (χ1v) is 11.7. The molecule has 4 rings (SSSR count). The quantitative estimate of drug-likeness (QED) is 0.351. The van der Waals surface area contributed by atoms with Gasteiger partial charge in [0.15, 0.2) is 0 Å². The van der Waals surface area contributed by atoms with Crippen LogP contribution in [0.3, 0.4) is 0 Å². The van der Waals surface area contributed by atoms with E-state index in [1.807, 2.05) is 0 Å². The van der Waals surface area contributed by atoms with Crippen molar-refractivity contribution in [3.8, 4) is 0 Å². The molecule has 2 atom stereocenters. The summed E-state index contributed by atoms with van der Waals surface area (Å²) in [4.78, 5) is 0. The monoisotopic (exact) mass is 460 g/mol. The third-order valence-electron chi connectivity index (χ3n) is 6.95. The number of alkyl halides is 2. The Morgan fingerprint density at radius 2 is 1.00 bits per heavy atom. The maximum Gasteiger partial charge on any atom is 0.0923 e. The molecule has 0 radical (unpaired) electrons. The van der Waals surface area contributed by atoms with Crippen LogP contribution in [0.5, 0.6) is 0 Å². The number of benzene rings is 2. The Balaban J connectivity index is 0.00000225. The van der Waals surface area contributed by atoms with Gasteiger partial charge < -0.3 is 0 Å². The first-order valence-electron chi connectivity index (χ1n) is 9.57. The number of allylic oxidation sites excluding steroid dienone is 4. The SMILES string of the molecule is CC1=C(C)C(Cl)([SiH2]C2(Cl)C(C)=C(C)c3c(C)cccc32)c2cccc(C)c21.[Ti]. The molecule has 2 aliphatic rings. The third kappa shape index (κ3) is 2.82. The average molecular weight is 461 g/mol.